The third kappa shape index (κ3) is 5.32. The Kier molecular flexibility index (Phi) is 5.95. The SMILES string of the molecule is O=C(NS(=O)(=O)C1CC1)c1cc(C2CC2)c(OC[C@H]2CC[C@H](C(F)(F)F)CC2)cc1F. The summed E-state index contributed by atoms with van der Waals surface area (Å²) in [5.74, 6) is -2.82. The summed E-state index contributed by atoms with van der Waals surface area (Å²) in [5.41, 5.74) is 0.295. The van der Waals surface area contributed by atoms with Crippen molar-refractivity contribution >= 4 is 15.9 Å². The fourth-order valence-electron chi connectivity index (χ4n) is 4.09. The quantitative estimate of drug-likeness (QED) is 0.597. The molecule has 0 atom stereocenters. The summed E-state index contributed by atoms with van der Waals surface area (Å²) in [6, 6.07) is 2.44. The second-order valence-electron chi connectivity index (χ2n) is 8.89. The molecule has 0 unspecified atom stereocenters. The van der Waals surface area contributed by atoms with E-state index < -0.39 is 39.1 Å². The van der Waals surface area contributed by atoms with Crippen molar-refractivity contribution in [1.29, 1.82) is 0 Å². The van der Waals surface area contributed by atoms with E-state index >= 15 is 0 Å². The van der Waals surface area contributed by atoms with Crippen molar-refractivity contribution in [3.8, 4) is 5.75 Å². The minimum atomic E-state index is -4.17. The van der Waals surface area contributed by atoms with Gasteiger partial charge in [-0.1, -0.05) is 0 Å². The number of ether oxygens (including phenoxy) is 1. The van der Waals surface area contributed by atoms with Crippen LogP contribution in [-0.4, -0.2) is 32.4 Å². The molecule has 5 nitrogen and oxygen atoms in total. The van der Waals surface area contributed by atoms with Gasteiger partial charge in [-0.05, 0) is 74.8 Å². The molecule has 3 aliphatic rings. The molecule has 172 valence electrons. The third-order valence-electron chi connectivity index (χ3n) is 6.34. The number of carbonyl (C=O) groups is 1. The number of hydrogen-bond donors (Lipinski definition) is 1. The third-order valence-corrected chi connectivity index (χ3v) is 8.16. The highest BCUT2D eigenvalue weighted by Crippen LogP contribution is 2.46. The molecule has 0 spiro atoms. The fourth-order valence-corrected chi connectivity index (χ4v) is 5.39. The Morgan fingerprint density at radius 2 is 1.68 bits per heavy atom. The van der Waals surface area contributed by atoms with E-state index in [4.69, 9.17) is 4.74 Å². The van der Waals surface area contributed by atoms with Gasteiger partial charge in [-0.15, -0.1) is 0 Å². The molecule has 0 aromatic heterocycles. The van der Waals surface area contributed by atoms with Crippen molar-refractivity contribution in [3.05, 3.63) is 29.1 Å². The number of carbonyl (C=O) groups excluding carboxylic acids is 1. The topological polar surface area (TPSA) is 72.5 Å². The number of halogens is 4. The predicted octanol–water partition coefficient (Wildman–Crippen LogP) is 4.67. The number of amides is 1. The van der Waals surface area contributed by atoms with Crippen LogP contribution in [0.3, 0.4) is 0 Å². The van der Waals surface area contributed by atoms with Gasteiger partial charge in [0, 0.05) is 6.07 Å². The van der Waals surface area contributed by atoms with Gasteiger partial charge in [-0.2, -0.15) is 13.2 Å². The molecule has 1 aromatic rings. The van der Waals surface area contributed by atoms with Gasteiger partial charge in [0.2, 0.25) is 10.0 Å². The van der Waals surface area contributed by atoms with Gasteiger partial charge in [0.1, 0.15) is 11.6 Å². The van der Waals surface area contributed by atoms with Gasteiger partial charge >= 0.3 is 6.18 Å². The van der Waals surface area contributed by atoms with Crippen molar-refractivity contribution in [1.82, 2.24) is 4.72 Å². The summed E-state index contributed by atoms with van der Waals surface area (Å²) in [5, 5.41) is -0.600. The molecule has 0 bridgehead atoms. The fraction of sp³-hybridized carbons (Fsp3) is 0.667. The average molecular weight is 463 g/mol. The molecule has 4 rings (SSSR count). The molecular formula is C21H25F4NO4S. The van der Waals surface area contributed by atoms with Crippen LogP contribution in [0.25, 0.3) is 0 Å². The van der Waals surface area contributed by atoms with Gasteiger partial charge in [-0.3, -0.25) is 4.79 Å². The van der Waals surface area contributed by atoms with E-state index in [2.05, 4.69) is 0 Å². The van der Waals surface area contributed by atoms with Gasteiger partial charge in [0.25, 0.3) is 5.91 Å². The smallest absolute Gasteiger partial charge is 0.391 e. The summed E-state index contributed by atoms with van der Waals surface area (Å²) < 4.78 is 84.8. The van der Waals surface area contributed by atoms with Crippen molar-refractivity contribution < 1.29 is 35.5 Å². The highest BCUT2D eigenvalue weighted by Gasteiger charge is 2.41. The summed E-state index contributed by atoms with van der Waals surface area (Å²) in [6.45, 7) is 0.186. The number of sulfonamides is 1. The summed E-state index contributed by atoms with van der Waals surface area (Å²) in [6.07, 6.45) is -0.592. The second kappa shape index (κ2) is 8.26. The summed E-state index contributed by atoms with van der Waals surface area (Å²) in [4.78, 5) is 12.4. The maximum absolute atomic E-state index is 14.6. The largest absolute Gasteiger partial charge is 0.493 e. The van der Waals surface area contributed by atoms with E-state index in [9.17, 15) is 30.8 Å². The zero-order chi connectivity index (χ0) is 22.4. The van der Waals surface area contributed by atoms with E-state index in [1.807, 2.05) is 4.72 Å². The van der Waals surface area contributed by atoms with Crippen LogP contribution in [0.5, 0.6) is 5.75 Å². The molecule has 1 aromatic carbocycles. The van der Waals surface area contributed by atoms with Crippen LogP contribution in [0.4, 0.5) is 17.6 Å². The Bertz CT molecular complexity index is 947. The molecule has 3 saturated carbocycles. The lowest BCUT2D eigenvalue weighted by molar-refractivity contribution is -0.184. The first-order valence-corrected chi connectivity index (χ1v) is 12.2. The molecule has 10 heteroatoms. The highest BCUT2D eigenvalue weighted by atomic mass is 32.2. The minimum Gasteiger partial charge on any atom is -0.493 e. The molecule has 0 saturated heterocycles. The van der Waals surface area contributed by atoms with Crippen LogP contribution in [0.2, 0.25) is 0 Å². The first kappa shape index (κ1) is 22.4. The Balaban J connectivity index is 1.43. The Labute approximate surface area is 178 Å². The normalized spacial score (nSPS) is 24.6. The molecule has 0 aliphatic heterocycles. The number of alkyl halides is 3. The summed E-state index contributed by atoms with van der Waals surface area (Å²) >= 11 is 0. The summed E-state index contributed by atoms with van der Waals surface area (Å²) in [7, 11) is -3.80. The van der Waals surface area contributed by atoms with Gasteiger partial charge < -0.3 is 4.74 Å². The lowest BCUT2D eigenvalue weighted by Gasteiger charge is -2.30. The molecule has 3 fully saturated rings. The van der Waals surface area contributed by atoms with Crippen molar-refractivity contribution in [2.45, 2.75) is 68.7 Å². The van der Waals surface area contributed by atoms with Crippen LogP contribution < -0.4 is 9.46 Å². The van der Waals surface area contributed by atoms with Crippen LogP contribution in [0.15, 0.2) is 12.1 Å². The van der Waals surface area contributed by atoms with E-state index in [0.29, 0.717) is 31.2 Å². The zero-order valence-electron chi connectivity index (χ0n) is 16.9. The highest BCUT2D eigenvalue weighted by molar-refractivity contribution is 7.91. The Hall–Kier alpha value is -1.84. The average Bonchev–Trinajstić information content (AvgIpc) is 3.57. The van der Waals surface area contributed by atoms with E-state index in [0.717, 1.165) is 18.9 Å². The molecule has 1 amide bonds. The molecule has 0 radical (unpaired) electrons. The van der Waals surface area contributed by atoms with Gasteiger partial charge in [0.05, 0.1) is 23.3 Å². The van der Waals surface area contributed by atoms with E-state index in [1.165, 1.54) is 6.07 Å². The first-order valence-electron chi connectivity index (χ1n) is 10.6. The van der Waals surface area contributed by atoms with Crippen LogP contribution in [0, 0.1) is 17.7 Å². The number of nitrogens with one attached hydrogen (secondary N) is 1. The van der Waals surface area contributed by atoms with Gasteiger partial charge in [-0.25, -0.2) is 17.5 Å². The predicted molar refractivity (Wildman–Crippen MR) is 105 cm³/mol. The lowest BCUT2D eigenvalue weighted by Crippen LogP contribution is -2.33. The van der Waals surface area contributed by atoms with Crippen molar-refractivity contribution in [2.75, 3.05) is 6.61 Å². The Morgan fingerprint density at radius 3 is 2.23 bits per heavy atom. The minimum absolute atomic E-state index is 0.0413. The number of hydrogen-bond acceptors (Lipinski definition) is 4. The standard InChI is InChI=1S/C21H25F4NO4S/c22-18-10-19(30-11-12-1-5-14(6-2-12)21(23,24)25)16(13-3-4-13)9-17(18)20(27)26-31(28,29)15-7-8-15/h9-10,12-15H,1-8,11H2,(H,26,27)/t12-,14-. The molecule has 3 aliphatic carbocycles. The molecule has 31 heavy (non-hydrogen) atoms. The first-order chi connectivity index (χ1) is 14.5. The van der Waals surface area contributed by atoms with Gasteiger partial charge in [0.15, 0.2) is 0 Å². The maximum Gasteiger partial charge on any atom is 0.391 e. The van der Waals surface area contributed by atoms with Crippen molar-refractivity contribution in [2.24, 2.45) is 11.8 Å². The van der Waals surface area contributed by atoms with Crippen LogP contribution in [0.1, 0.15) is 73.2 Å². The molecular weight excluding hydrogens is 438 g/mol. The van der Waals surface area contributed by atoms with Crippen LogP contribution in [-0.2, 0) is 10.0 Å². The lowest BCUT2D eigenvalue weighted by atomic mass is 9.82. The maximum atomic E-state index is 14.6. The number of rotatable bonds is 7. The van der Waals surface area contributed by atoms with Crippen LogP contribution >= 0.6 is 0 Å². The monoisotopic (exact) mass is 463 g/mol. The molecule has 1 N–H and O–H groups in total. The van der Waals surface area contributed by atoms with E-state index in [1.54, 1.807) is 0 Å². The molecule has 0 heterocycles. The van der Waals surface area contributed by atoms with E-state index in [-0.39, 0.29) is 42.6 Å². The second-order valence-corrected chi connectivity index (χ2v) is 10.9. The number of benzene rings is 1. The zero-order valence-corrected chi connectivity index (χ0v) is 17.7. The van der Waals surface area contributed by atoms with Crippen molar-refractivity contribution in [3.63, 3.8) is 0 Å². The Morgan fingerprint density at radius 1 is 1.03 bits per heavy atom.